The van der Waals surface area contributed by atoms with E-state index in [2.05, 4.69) is 10.2 Å². The Labute approximate surface area is 213 Å². The summed E-state index contributed by atoms with van der Waals surface area (Å²) in [6.45, 7) is 7.68. The van der Waals surface area contributed by atoms with Gasteiger partial charge in [0.05, 0.1) is 31.3 Å². The van der Waals surface area contributed by atoms with Gasteiger partial charge in [0.1, 0.15) is 12.1 Å². The van der Waals surface area contributed by atoms with E-state index >= 15 is 0 Å². The van der Waals surface area contributed by atoms with E-state index in [1.54, 1.807) is 27.7 Å². The number of esters is 2. The number of hydrogen-bond acceptors (Lipinski definition) is 10. The van der Waals surface area contributed by atoms with E-state index in [1.807, 2.05) is 30.3 Å². The molecule has 0 radical (unpaired) electrons. The van der Waals surface area contributed by atoms with Crippen molar-refractivity contribution >= 4 is 17.8 Å². The number of nitrogens with zero attached hydrogens (tertiary/aromatic N) is 2. The minimum Gasteiger partial charge on any atom is -0.465 e. The quantitative estimate of drug-likeness (QED) is 0.153. The van der Waals surface area contributed by atoms with Crippen LogP contribution in [0.25, 0.3) is 0 Å². The number of rotatable bonds is 18. The van der Waals surface area contributed by atoms with E-state index < -0.39 is 30.1 Å². The molecule has 0 bridgehead atoms. The van der Waals surface area contributed by atoms with Crippen molar-refractivity contribution in [2.45, 2.75) is 77.9 Å². The fourth-order valence-corrected chi connectivity index (χ4v) is 3.75. The van der Waals surface area contributed by atoms with Crippen molar-refractivity contribution in [1.82, 2.24) is 15.6 Å². The first-order valence-electron chi connectivity index (χ1n) is 12.5. The highest BCUT2D eigenvalue weighted by Gasteiger charge is 2.33. The normalized spacial score (nSPS) is 13.6. The molecular formula is C25H41N3O8. The molecule has 11 heteroatoms. The zero-order valence-electron chi connectivity index (χ0n) is 21.7. The average Bonchev–Trinajstić information content (AvgIpc) is 2.86. The number of hydrogen-bond donors (Lipinski definition) is 3. The molecule has 11 nitrogen and oxygen atoms in total. The Morgan fingerprint density at radius 1 is 0.972 bits per heavy atom. The second kappa shape index (κ2) is 17.8. The lowest BCUT2D eigenvalue weighted by atomic mass is 10.0. The molecule has 1 rings (SSSR count). The second-order valence-corrected chi connectivity index (χ2v) is 8.23. The smallest absolute Gasteiger partial charge is 0.328 e. The van der Waals surface area contributed by atoms with Crippen LogP contribution in [-0.4, -0.2) is 83.0 Å². The summed E-state index contributed by atoms with van der Waals surface area (Å²) in [5.74, 6) is -1.25. The molecule has 0 saturated heterocycles. The predicted molar refractivity (Wildman–Crippen MR) is 131 cm³/mol. The van der Waals surface area contributed by atoms with Gasteiger partial charge in [-0.3, -0.25) is 30.2 Å². The first-order valence-corrected chi connectivity index (χ1v) is 12.5. The molecule has 0 aliphatic rings. The van der Waals surface area contributed by atoms with Crippen LogP contribution >= 0.6 is 0 Å². The third-order valence-electron chi connectivity index (χ3n) is 5.61. The van der Waals surface area contributed by atoms with E-state index in [1.165, 1.54) is 4.90 Å². The molecule has 1 aromatic carbocycles. The molecule has 0 spiro atoms. The Hall–Kier alpha value is -2.57. The highest BCUT2D eigenvalue weighted by Crippen LogP contribution is 2.12. The number of amides is 1. The van der Waals surface area contributed by atoms with Gasteiger partial charge in [0.15, 0.2) is 0 Å². The van der Waals surface area contributed by atoms with Gasteiger partial charge in [-0.15, -0.1) is 0 Å². The monoisotopic (exact) mass is 511 g/mol. The first-order chi connectivity index (χ1) is 17.2. The fourth-order valence-electron chi connectivity index (χ4n) is 3.75. The number of carbonyl (C=O) groups is 3. The largest absolute Gasteiger partial charge is 0.465 e. The van der Waals surface area contributed by atoms with Crippen molar-refractivity contribution < 1.29 is 39.1 Å². The van der Waals surface area contributed by atoms with Gasteiger partial charge in [-0.1, -0.05) is 37.3 Å². The molecule has 36 heavy (non-hydrogen) atoms. The number of likely N-dealkylation sites (N-methyl/N-ethyl adjacent to an activating group) is 1. The van der Waals surface area contributed by atoms with Gasteiger partial charge in [-0.2, -0.15) is 0 Å². The van der Waals surface area contributed by atoms with Gasteiger partial charge in [0, 0.05) is 6.54 Å². The van der Waals surface area contributed by atoms with Crippen molar-refractivity contribution in [3.8, 4) is 0 Å². The molecule has 3 atom stereocenters. The minimum atomic E-state index is -0.765. The van der Waals surface area contributed by atoms with Crippen molar-refractivity contribution in [2.24, 2.45) is 0 Å². The molecule has 0 aliphatic carbocycles. The third kappa shape index (κ3) is 11.4. The molecule has 3 N–H and O–H groups in total. The summed E-state index contributed by atoms with van der Waals surface area (Å²) in [7, 11) is 0. The van der Waals surface area contributed by atoms with Crippen molar-refractivity contribution in [1.29, 1.82) is 0 Å². The van der Waals surface area contributed by atoms with E-state index in [0.29, 0.717) is 38.6 Å². The maximum Gasteiger partial charge on any atom is 0.328 e. The van der Waals surface area contributed by atoms with E-state index in [9.17, 15) is 14.4 Å². The van der Waals surface area contributed by atoms with Crippen LogP contribution in [0.1, 0.15) is 58.9 Å². The zero-order valence-corrected chi connectivity index (χ0v) is 21.7. The van der Waals surface area contributed by atoms with Crippen LogP contribution in [0.4, 0.5) is 0 Å². The number of aryl methyl sites for hydroxylation is 1. The van der Waals surface area contributed by atoms with Gasteiger partial charge in [-0.05, 0) is 58.4 Å². The summed E-state index contributed by atoms with van der Waals surface area (Å²) in [5.41, 5.74) is 1.08. The number of unbranched alkanes of at least 4 members (excludes halogenated alkanes) is 1. The molecule has 0 saturated carbocycles. The predicted octanol–water partition coefficient (Wildman–Crippen LogP) is 2.49. The topological polar surface area (TPSA) is 138 Å². The summed E-state index contributed by atoms with van der Waals surface area (Å²) in [4.78, 5) is 44.4. The Balaban J connectivity index is 2.73. The molecule has 204 valence electrons. The van der Waals surface area contributed by atoms with Crippen molar-refractivity contribution in [2.75, 3.05) is 26.4 Å². The maximum absolute atomic E-state index is 13.3. The lowest BCUT2D eigenvalue weighted by molar-refractivity contribution is -0.492. The van der Waals surface area contributed by atoms with Crippen LogP contribution in [-0.2, 0) is 35.1 Å². The second-order valence-electron chi connectivity index (χ2n) is 8.23. The summed E-state index contributed by atoms with van der Waals surface area (Å²) in [6.07, 6.45) is 2.36. The molecule has 1 aromatic rings. The Morgan fingerprint density at radius 2 is 1.64 bits per heavy atom. The Bertz CT molecular complexity index is 778. The molecule has 0 heterocycles. The third-order valence-corrected chi connectivity index (χ3v) is 5.61. The van der Waals surface area contributed by atoms with Crippen LogP contribution in [0, 0.1) is 0 Å². The number of ether oxygens (including phenoxy) is 2. The van der Waals surface area contributed by atoms with Crippen molar-refractivity contribution in [3.05, 3.63) is 35.9 Å². The van der Waals surface area contributed by atoms with E-state index in [0.717, 1.165) is 5.56 Å². The van der Waals surface area contributed by atoms with Crippen LogP contribution in [0.3, 0.4) is 0 Å². The van der Waals surface area contributed by atoms with Gasteiger partial charge >= 0.3 is 11.9 Å². The van der Waals surface area contributed by atoms with Crippen LogP contribution in [0.2, 0.25) is 0 Å². The number of benzene rings is 1. The molecule has 0 fully saturated rings. The minimum absolute atomic E-state index is 0.0520. The van der Waals surface area contributed by atoms with Gasteiger partial charge < -0.3 is 14.4 Å². The lowest BCUT2D eigenvalue weighted by Gasteiger charge is -2.32. The fraction of sp³-hybridized carbons (Fsp3) is 0.640. The van der Waals surface area contributed by atoms with Gasteiger partial charge in [-0.25, -0.2) is 4.79 Å². The molecule has 1 amide bonds. The summed E-state index contributed by atoms with van der Waals surface area (Å²) in [5, 5.41) is 19.7. The molecule has 3 unspecified atom stereocenters. The van der Waals surface area contributed by atoms with Crippen LogP contribution in [0.5, 0.6) is 0 Å². The highest BCUT2D eigenvalue weighted by molar-refractivity contribution is 5.88. The van der Waals surface area contributed by atoms with E-state index in [4.69, 9.17) is 19.9 Å². The van der Waals surface area contributed by atoms with Gasteiger partial charge in [0.2, 0.25) is 5.91 Å². The standard InChI is InChI=1S/C25H41N3O8/c1-5-22(25(31)35-17-11-12-18-36-28(32)33)27(6-2)23(29)19(4)26-21(24(30)34-7-3)16-15-20-13-9-8-10-14-20/h8-10,13-14,19,21-22,26,32-33H,5-7,11-12,15-18H2,1-4H3. The summed E-state index contributed by atoms with van der Waals surface area (Å²) < 4.78 is 10.5. The zero-order chi connectivity index (χ0) is 26.9. The highest BCUT2D eigenvalue weighted by atomic mass is 17.1. The lowest BCUT2D eigenvalue weighted by Crippen LogP contribution is -2.55. The molecule has 0 aliphatic heterocycles. The SMILES string of the molecule is CCOC(=O)C(CCc1ccccc1)NC(C)C(=O)N(CC)C(CC)C(=O)OCCCCON(O)O. The Kier molecular flexibility index (Phi) is 15.6. The maximum atomic E-state index is 13.3. The summed E-state index contributed by atoms with van der Waals surface area (Å²) >= 11 is 0. The summed E-state index contributed by atoms with van der Waals surface area (Å²) in [6, 6.07) is 7.58. The van der Waals surface area contributed by atoms with Gasteiger partial charge in [0.25, 0.3) is 0 Å². The first kappa shape index (κ1) is 31.5. The number of carbonyl (C=O) groups excluding carboxylic acids is 3. The molecular weight excluding hydrogens is 470 g/mol. The number of nitrogens with one attached hydrogen (secondary N) is 1. The van der Waals surface area contributed by atoms with Crippen LogP contribution < -0.4 is 5.32 Å². The average molecular weight is 512 g/mol. The van der Waals surface area contributed by atoms with Crippen molar-refractivity contribution in [3.63, 3.8) is 0 Å². The molecule has 0 aromatic heterocycles. The Morgan fingerprint density at radius 3 is 2.22 bits per heavy atom. The van der Waals surface area contributed by atoms with Crippen LogP contribution in [0.15, 0.2) is 30.3 Å². The van der Waals surface area contributed by atoms with E-state index in [-0.39, 0.29) is 31.1 Å².